The third-order valence-electron chi connectivity index (χ3n) is 7.68. The maximum atomic E-state index is 15.1. The van der Waals surface area contributed by atoms with Crippen molar-refractivity contribution >= 4 is 39.1 Å². The van der Waals surface area contributed by atoms with Crippen molar-refractivity contribution in [2.24, 2.45) is 0 Å². The van der Waals surface area contributed by atoms with Crippen LogP contribution in [0.3, 0.4) is 0 Å². The second-order valence-corrected chi connectivity index (χ2v) is 13.3. The van der Waals surface area contributed by atoms with E-state index in [9.17, 15) is 18.0 Å². The summed E-state index contributed by atoms with van der Waals surface area (Å²) >= 11 is 6.06. The average Bonchev–Trinajstić information content (AvgIpc) is 3.07. The summed E-state index contributed by atoms with van der Waals surface area (Å²) in [5, 5.41) is 3.31. The van der Waals surface area contributed by atoms with Crippen LogP contribution in [-0.2, 0) is 32.6 Å². The molecule has 0 bridgehead atoms. The number of nitrogens with zero attached hydrogens (tertiary/aromatic N) is 2. The minimum absolute atomic E-state index is 0.1000. The first kappa shape index (κ1) is 35.4. The number of sulfonamides is 1. The molecule has 4 aromatic rings. The minimum Gasteiger partial charge on any atom is -0.492 e. The van der Waals surface area contributed by atoms with Crippen molar-refractivity contribution in [2.75, 3.05) is 17.5 Å². The van der Waals surface area contributed by atoms with Gasteiger partial charge in [-0.3, -0.25) is 13.9 Å². The molecule has 0 aliphatic carbocycles. The molecule has 0 heterocycles. The number of carbonyl (C=O) groups excluding carboxylic acids is 2. The molecule has 0 aliphatic rings. The normalized spacial score (nSPS) is 12.5. The third-order valence-corrected chi connectivity index (χ3v) is 9.71. The van der Waals surface area contributed by atoms with Gasteiger partial charge < -0.3 is 15.0 Å². The van der Waals surface area contributed by atoms with Crippen LogP contribution in [0.25, 0.3) is 0 Å². The van der Waals surface area contributed by atoms with Crippen LogP contribution in [-0.4, -0.2) is 50.4 Å². The van der Waals surface area contributed by atoms with Gasteiger partial charge in [0.15, 0.2) is 0 Å². The van der Waals surface area contributed by atoms with Crippen molar-refractivity contribution < 1.29 is 27.1 Å². The molecule has 0 saturated heterocycles. The second kappa shape index (κ2) is 16.4. The number of carbonyl (C=O) groups is 2. The molecule has 0 fully saturated rings. The van der Waals surface area contributed by atoms with Gasteiger partial charge in [-0.25, -0.2) is 12.8 Å². The maximum Gasteiger partial charge on any atom is 0.264 e. The Labute approximate surface area is 281 Å². The van der Waals surface area contributed by atoms with Gasteiger partial charge in [-0.1, -0.05) is 79.2 Å². The van der Waals surface area contributed by atoms with Crippen LogP contribution < -0.4 is 14.4 Å². The highest BCUT2D eigenvalue weighted by molar-refractivity contribution is 7.92. The van der Waals surface area contributed by atoms with Gasteiger partial charge in [-0.2, -0.15) is 0 Å². The summed E-state index contributed by atoms with van der Waals surface area (Å²) < 4.78 is 50.4. The van der Waals surface area contributed by atoms with Gasteiger partial charge in [0.1, 0.15) is 24.2 Å². The summed E-state index contributed by atoms with van der Waals surface area (Å²) in [4.78, 5) is 29.7. The first-order valence-electron chi connectivity index (χ1n) is 15.4. The Morgan fingerprint density at radius 1 is 0.894 bits per heavy atom. The molecule has 0 aromatic heterocycles. The van der Waals surface area contributed by atoms with E-state index in [1.165, 1.54) is 47.4 Å². The number of rotatable bonds is 15. The van der Waals surface area contributed by atoms with E-state index in [0.29, 0.717) is 11.4 Å². The van der Waals surface area contributed by atoms with Crippen molar-refractivity contribution in [3.8, 4) is 5.75 Å². The number of hydrogen-bond donors (Lipinski definition) is 1. The van der Waals surface area contributed by atoms with E-state index in [1.54, 1.807) is 37.3 Å². The quantitative estimate of drug-likeness (QED) is 0.152. The van der Waals surface area contributed by atoms with Gasteiger partial charge in [0.05, 0.1) is 17.2 Å². The first-order valence-corrected chi connectivity index (χ1v) is 17.2. The zero-order chi connectivity index (χ0) is 34.0. The fourth-order valence-corrected chi connectivity index (χ4v) is 6.54. The van der Waals surface area contributed by atoms with Gasteiger partial charge >= 0.3 is 0 Å². The molecule has 248 valence electrons. The molecule has 1 N–H and O–H groups in total. The lowest BCUT2D eigenvalue weighted by atomic mass is 10.0. The molecule has 8 nitrogen and oxygen atoms in total. The van der Waals surface area contributed by atoms with Crippen LogP contribution in [0.15, 0.2) is 108 Å². The maximum absolute atomic E-state index is 15.1. The van der Waals surface area contributed by atoms with Gasteiger partial charge in [0, 0.05) is 29.6 Å². The lowest BCUT2D eigenvalue weighted by Gasteiger charge is -2.34. The molecule has 2 atom stereocenters. The van der Waals surface area contributed by atoms with Crippen LogP contribution in [0.2, 0.25) is 5.02 Å². The van der Waals surface area contributed by atoms with Crippen molar-refractivity contribution in [3.63, 3.8) is 0 Å². The molecule has 47 heavy (non-hydrogen) atoms. The number of para-hydroxylation sites is 2. The average molecular weight is 680 g/mol. The molecule has 2 amide bonds. The Morgan fingerprint density at radius 3 is 2.19 bits per heavy atom. The zero-order valence-corrected chi connectivity index (χ0v) is 28.2. The molecular weight excluding hydrogens is 641 g/mol. The molecular formula is C36H39ClFN3O5S. The van der Waals surface area contributed by atoms with Crippen molar-refractivity contribution in [2.45, 2.75) is 57.1 Å². The molecule has 0 saturated carbocycles. The topological polar surface area (TPSA) is 96.0 Å². The Hall–Kier alpha value is -4.41. The zero-order valence-electron chi connectivity index (χ0n) is 26.6. The molecule has 0 spiro atoms. The van der Waals surface area contributed by atoms with E-state index in [1.807, 2.05) is 44.2 Å². The molecule has 0 aliphatic heterocycles. The van der Waals surface area contributed by atoms with Crippen LogP contribution in [0.1, 0.15) is 38.3 Å². The van der Waals surface area contributed by atoms with Crippen LogP contribution >= 0.6 is 11.6 Å². The molecule has 0 unspecified atom stereocenters. The van der Waals surface area contributed by atoms with Gasteiger partial charge in [0.25, 0.3) is 10.0 Å². The number of amides is 2. The Balaban J connectivity index is 1.85. The van der Waals surface area contributed by atoms with E-state index in [-0.39, 0.29) is 47.5 Å². The van der Waals surface area contributed by atoms with Gasteiger partial charge in [0.2, 0.25) is 11.8 Å². The Morgan fingerprint density at radius 2 is 1.53 bits per heavy atom. The number of benzene rings is 4. The largest absolute Gasteiger partial charge is 0.492 e. The third kappa shape index (κ3) is 9.11. The molecule has 0 radical (unpaired) electrons. The summed E-state index contributed by atoms with van der Waals surface area (Å²) in [7, 11) is -4.38. The van der Waals surface area contributed by atoms with E-state index >= 15 is 4.39 Å². The van der Waals surface area contributed by atoms with E-state index in [2.05, 4.69) is 5.32 Å². The number of nitrogens with one attached hydrogen (secondary N) is 1. The second-order valence-electron chi connectivity index (χ2n) is 11.0. The fourth-order valence-electron chi connectivity index (χ4n) is 4.99. The smallest absolute Gasteiger partial charge is 0.264 e. The summed E-state index contributed by atoms with van der Waals surface area (Å²) in [6, 6.07) is 26.0. The number of halogens is 2. The Bertz CT molecular complexity index is 1760. The monoisotopic (exact) mass is 679 g/mol. The fraction of sp³-hybridized carbons (Fsp3) is 0.278. The molecule has 11 heteroatoms. The summed E-state index contributed by atoms with van der Waals surface area (Å²) in [5.41, 5.74) is 1.08. The van der Waals surface area contributed by atoms with Crippen molar-refractivity contribution in [1.82, 2.24) is 10.2 Å². The minimum atomic E-state index is -4.38. The number of ether oxygens (including phenoxy) is 1. The van der Waals surface area contributed by atoms with E-state index in [0.717, 1.165) is 9.87 Å². The highest BCUT2D eigenvalue weighted by atomic mass is 35.5. The molecule has 4 rings (SSSR count). The van der Waals surface area contributed by atoms with Crippen LogP contribution in [0.4, 0.5) is 10.1 Å². The Kier molecular flexibility index (Phi) is 12.4. The summed E-state index contributed by atoms with van der Waals surface area (Å²) in [5.74, 6) is -1.46. The lowest BCUT2D eigenvalue weighted by Crippen LogP contribution is -2.54. The van der Waals surface area contributed by atoms with Gasteiger partial charge in [-0.05, 0) is 68.3 Å². The van der Waals surface area contributed by atoms with Crippen LogP contribution in [0.5, 0.6) is 5.75 Å². The van der Waals surface area contributed by atoms with Crippen molar-refractivity contribution in [1.29, 1.82) is 0 Å². The van der Waals surface area contributed by atoms with E-state index in [4.69, 9.17) is 16.3 Å². The number of anilines is 1. The number of hydrogen-bond acceptors (Lipinski definition) is 5. The van der Waals surface area contributed by atoms with Crippen molar-refractivity contribution in [3.05, 3.63) is 125 Å². The predicted molar refractivity (Wildman–Crippen MR) is 182 cm³/mol. The standard InChI is InChI=1S/C36H39ClFN3O5S/c1-4-26(3)39-36(43)33(23-27-13-7-6-8-14-27)40(24-28-15-9-10-16-31(28)38)35(42)25-41(32-17-11-12-18-34(32)46-5-2)47(44,45)30-21-19-29(37)20-22-30/h6-22,26,33H,4-5,23-25H2,1-3H3,(H,39,43)/t26-,33-/m1/s1. The predicted octanol–water partition coefficient (Wildman–Crippen LogP) is 6.63. The summed E-state index contributed by atoms with van der Waals surface area (Å²) in [6.07, 6.45) is 0.759. The van der Waals surface area contributed by atoms with E-state index < -0.39 is 40.2 Å². The highest BCUT2D eigenvalue weighted by Gasteiger charge is 2.36. The molecule has 4 aromatic carbocycles. The highest BCUT2D eigenvalue weighted by Crippen LogP contribution is 2.33. The first-order chi connectivity index (χ1) is 22.5. The lowest BCUT2D eigenvalue weighted by molar-refractivity contribution is -0.140. The van der Waals surface area contributed by atoms with Gasteiger partial charge in [-0.15, -0.1) is 0 Å². The SMILES string of the molecule is CCOc1ccccc1N(CC(=O)N(Cc1ccccc1F)[C@H](Cc1ccccc1)C(=O)N[C@H](C)CC)S(=O)(=O)c1ccc(Cl)cc1. The summed E-state index contributed by atoms with van der Waals surface area (Å²) in [6.45, 7) is 4.80. The van der Waals surface area contributed by atoms with Crippen LogP contribution in [0, 0.1) is 5.82 Å².